The minimum absolute atomic E-state index is 0.189. The first-order valence-corrected chi connectivity index (χ1v) is 6.32. The van der Waals surface area contributed by atoms with Crippen LogP contribution in [0, 0.1) is 13.8 Å². The molecule has 0 saturated carbocycles. The molecule has 102 valence electrons. The molecule has 0 radical (unpaired) electrons. The standard InChI is InChI=1S/C13H18N4O2/c1-10-13(11(2)17-16-10)12(15-9-19)6-4-3-5-7-14-8-18/h12H,3-7H2,1-2H3,(H,16,17). The van der Waals surface area contributed by atoms with Gasteiger partial charge in [-0.15, -0.1) is 0 Å². The highest BCUT2D eigenvalue weighted by Crippen LogP contribution is 2.27. The van der Waals surface area contributed by atoms with E-state index in [1.54, 1.807) is 6.08 Å². The molecule has 1 atom stereocenters. The lowest BCUT2D eigenvalue weighted by Gasteiger charge is -2.10. The van der Waals surface area contributed by atoms with Crippen LogP contribution >= 0.6 is 0 Å². The molecule has 6 heteroatoms. The van der Waals surface area contributed by atoms with Crippen molar-refractivity contribution in [2.45, 2.75) is 45.6 Å². The van der Waals surface area contributed by atoms with E-state index in [1.807, 2.05) is 13.8 Å². The van der Waals surface area contributed by atoms with Crippen molar-refractivity contribution in [2.24, 2.45) is 9.98 Å². The minimum Gasteiger partial charge on any atom is -0.282 e. The first kappa shape index (κ1) is 15.0. The summed E-state index contributed by atoms with van der Waals surface area (Å²) < 4.78 is 0. The van der Waals surface area contributed by atoms with Crippen molar-refractivity contribution in [3.63, 3.8) is 0 Å². The summed E-state index contributed by atoms with van der Waals surface area (Å²) in [5, 5.41) is 7.01. The number of rotatable bonds is 8. The largest absolute Gasteiger partial charge is 0.282 e. The van der Waals surface area contributed by atoms with E-state index in [2.05, 4.69) is 20.2 Å². The van der Waals surface area contributed by atoms with Crippen LogP contribution in [-0.2, 0) is 9.59 Å². The zero-order valence-electron chi connectivity index (χ0n) is 11.3. The Morgan fingerprint density at radius 2 is 2.00 bits per heavy atom. The number of aliphatic imine (C=N–C) groups is 2. The number of aromatic amines is 1. The quantitative estimate of drug-likeness (QED) is 0.443. The summed E-state index contributed by atoms with van der Waals surface area (Å²) in [6.45, 7) is 4.32. The zero-order valence-corrected chi connectivity index (χ0v) is 11.3. The number of unbranched alkanes of at least 4 members (excludes halogenated alkanes) is 2. The molecule has 0 aliphatic rings. The summed E-state index contributed by atoms with van der Waals surface area (Å²) in [5.41, 5.74) is 2.79. The second kappa shape index (κ2) is 8.14. The molecule has 19 heavy (non-hydrogen) atoms. The number of nitrogens with one attached hydrogen (secondary N) is 1. The number of nitrogens with zero attached hydrogens (tertiary/aromatic N) is 3. The van der Waals surface area contributed by atoms with Gasteiger partial charge in [0.2, 0.25) is 12.2 Å². The molecule has 6 nitrogen and oxygen atoms in total. The summed E-state index contributed by atoms with van der Waals surface area (Å²) in [7, 11) is 0. The van der Waals surface area contributed by atoms with Crippen molar-refractivity contribution in [3.8, 4) is 0 Å². The maximum absolute atomic E-state index is 10.5. The molecule has 0 fully saturated rings. The molecule has 0 amide bonds. The Kier molecular flexibility index (Phi) is 6.44. The topological polar surface area (TPSA) is 87.5 Å². The van der Waals surface area contributed by atoms with Crippen molar-refractivity contribution in [2.75, 3.05) is 6.54 Å². The summed E-state index contributed by atoms with van der Waals surface area (Å²) in [4.78, 5) is 27.8. The molecule has 1 N–H and O–H groups in total. The molecule has 0 saturated heterocycles. The van der Waals surface area contributed by atoms with Gasteiger partial charge in [0.05, 0.1) is 18.3 Å². The smallest absolute Gasteiger partial charge is 0.235 e. The van der Waals surface area contributed by atoms with Gasteiger partial charge in [0.1, 0.15) is 0 Å². The Labute approximate surface area is 112 Å². The summed E-state index contributed by atoms with van der Waals surface area (Å²) in [6, 6.07) is -0.189. The Morgan fingerprint density at radius 3 is 2.58 bits per heavy atom. The van der Waals surface area contributed by atoms with Crippen LogP contribution in [-0.4, -0.2) is 28.9 Å². The van der Waals surface area contributed by atoms with E-state index in [0.29, 0.717) is 6.54 Å². The molecular weight excluding hydrogens is 244 g/mol. The highest BCUT2D eigenvalue weighted by atomic mass is 16.1. The summed E-state index contributed by atoms with van der Waals surface area (Å²) in [6.07, 6.45) is 6.61. The fraction of sp³-hybridized carbons (Fsp3) is 0.615. The number of hydrogen-bond donors (Lipinski definition) is 1. The second-order valence-electron chi connectivity index (χ2n) is 4.41. The lowest BCUT2D eigenvalue weighted by Crippen LogP contribution is -1.99. The molecule has 1 heterocycles. The van der Waals surface area contributed by atoms with E-state index < -0.39 is 0 Å². The van der Waals surface area contributed by atoms with E-state index in [-0.39, 0.29) is 6.04 Å². The first-order valence-electron chi connectivity index (χ1n) is 6.32. The summed E-state index contributed by atoms with van der Waals surface area (Å²) in [5.74, 6) is 0. The molecule has 0 aliphatic heterocycles. The van der Waals surface area contributed by atoms with Crippen LogP contribution < -0.4 is 0 Å². The molecule has 1 rings (SSSR count). The Balaban J connectivity index is 2.55. The van der Waals surface area contributed by atoms with Crippen LogP contribution in [0.4, 0.5) is 0 Å². The van der Waals surface area contributed by atoms with Crippen LogP contribution in [0.5, 0.6) is 0 Å². The third-order valence-electron chi connectivity index (χ3n) is 3.04. The van der Waals surface area contributed by atoms with Gasteiger partial charge in [0, 0.05) is 11.3 Å². The lowest BCUT2D eigenvalue weighted by molar-refractivity contribution is 0.538. The van der Waals surface area contributed by atoms with E-state index >= 15 is 0 Å². The number of hydrogen-bond acceptors (Lipinski definition) is 5. The fourth-order valence-electron chi connectivity index (χ4n) is 2.14. The fourth-order valence-corrected chi connectivity index (χ4v) is 2.14. The van der Waals surface area contributed by atoms with Crippen LogP contribution in [0.15, 0.2) is 9.98 Å². The SMILES string of the molecule is Cc1n[nH]c(C)c1C(CCCCCN=C=O)N=C=O. The molecule has 1 unspecified atom stereocenters. The van der Waals surface area contributed by atoms with Crippen molar-refractivity contribution < 1.29 is 9.59 Å². The number of carbonyl (C=O) groups excluding carboxylic acids is 2. The number of aryl methyl sites for hydroxylation is 2. The van der Waals surface area contributed by atoms with Crippen LogP contribution in [0.2, 0.25) is 0 Å². The molecular formula is C13H18N4O2. The zero-order chi connectivity index (χ0) is 14.1. The normalized spacial score (nSPS) is 11.5. The van der Waals surface area contributed by atoms with E-state index in [1.165, 1.54) is 6.08 Å². The molecule has 0 bridgehead atoms. The van der Waals surface area contributed by atoms with E-state index in [4.69, 9.17) is 0 Å². The van der Waals surface area contributed by atoms with Gasteiger partial charge < -0.3 is 0 Å². The molecule has 1 aromatic heterocycles. The van der Waals surface area contributed by atoms with Crippen LogP contribution in [0.1, 0.15) is 48.7 Å². The number of H-pyrrole nitrogens is 1. The number of isocyanates is 2. The van der Waals surface area contributed by atoms with Crippen molar-refractivity contribution in [1.29, 1.82) is 0 Å². The molecule has 0 aromatic carbocycles. The highest BCUT2D eigenvalue weighted by molar-refractivity contribution is 5.37. The van der Waals surface area contributed by atoms with Gasteiger partial charge in [-0.2, -0.15) is 10.1 Å². The summed E-state index contributed by atoms with van der Waals surface area (Å²) >= 11 is 0. The van der Waals surface area contributed by atoms with Crippen molar-refractivity contribution >= 4 is 12.2 Å². The van der Waals surface area contributed by atoms with Gasteiger partial charge in [0.15, 0.2) is 0 Å². The molecule has 0 aliphatic carbocycles. The molecule has 0 spiro atoms. The minimum atomic E-state index is -0.189. The van der Waals surface area contributed by atoms with Gasteiger partial charge in [-0.1, -0.05) is 12.8 Å². The highest BCUT2D eigenvalue weighted by Gasteiger charge is 2.17. The number of aromatic nitrogens is 2. The average molecular weight is 262 g/mol. The van der Waals surface area contributed by atoms with Crippen LogP contribution in [0.3, 0.4) is 0 Å². The van der Waals surface area contributed by atoms with Crippen molar-refractivity contribution in [3.05, 3.63) is 17.0 Å². The predicted octanol–water partition coefficient (Wildman–Crippen LogP) is 2.30. The van der Waals surface area contributed by atoms with E-state index in [0.717, 1.165) is 42.6 Å². The van der Waals surface area contributed by atoms with Gasteiger partial charge >= 0.3 is 0 Å². The Bertz CT molecular complexity index is 477. The monoisotopic (exact) mass is 262 g/mol. The first-order chi connectivity index (χ1) is 9.20. The van der Waals surface area contributed by atoms with E-state index in [9.17, 15) is 9.59 Å². The Hall–Kier alpha value is -2.03. The van der Waals surface area contributed by atoms with Gasteiger partial charge in [-0.25, -0.2) is 14.6 Å². The van der Waals surface area contributed by atoms with Crippen molar-refractivity contribution in [1.82, 2.24) is 10.2 Å². The lowest BCUT2D eigenvalue weighted by atomic mass is 9.99. The van der Waals surface area contributed by atoms with Gasteiger partial charge in [-0.3, -0.25) is 5.10 Å². The second-order valence-corrected chi connectivity index (χ2v) is 4.41. The average Bonchev–Trinajstić information content (AvgIpc) is 2.72. The third kappa shape index (κ3) is 4.62. The van der Waals surface area contributed by atoms with Gasteiger partial charge in [-0.05, 0) is 26.7 Å². The third-order valence-corrected chi connectivity index (χ3v) is 3.04. The maximum Gasteiger partial charge on any atom is 0.235 e. The predicted molar refractivity (Wildman–Crippen MR) is 70.4 cm³/mol. The molecule has 1 aromatic rings. The van der Waals surface area contributed by atoms with Crippen LogP contribution in [0.25, 0.3) is 0 Å². The maximum atomic E-state index is 10.5. The Morgan fingerprint density at radius 1 is 1.21 bits per heavy atom. The van der Waals surface area contributed by atoms with Gasteiger partial charge in [0.25, 0.3) is 0 Å².